The number of hydrogen-bond donors (Lipinski definition) is 1. The first kappa shape index (κ1) is 14.4. The molecule has 0 spiro atoms. The highest BCUT2D eigenvalue weighted by atomic mass is 32.2. The molecule has 1 saturated carbocycles. The number of hydrogen-bond acceptors (Lipinski definition) is 5. The van der Waals surface area contributed by atoms with E-state index >= 15 is 0 Å². The number of nitro benzene ring substituents is 1. The van der Waals surface area contributed by atoms with Crippen molar-refractivity contribution in [2.75, 3.05) is 0 Å². The van der Waals surface area contributed by atoms with Crippen LogP contribution in [0, 0.1) is 33.2 Å². The van der Waals surface area contributed by atoms with E-state index < -0.39 is 37.4 Å². The molecule has 0 amide bonds. The zero-order valence-corrected chi connectivity index (χ0v) is 10.9. The minimum absolute atomic E-state index is 0.0368. The molecule has 1 aliphatic rings. The van der Waals surface area contributed by atoms with Crippen molar-refractivity contribution >= 4 is 15.7 Å². The van der Waals surface area contributed by atoms with E-state index in [2.05, 4.69) is 4.72 Å². The maximum Gasteiger partial charge on any atom is 0.306 e. The number of benzene rings is 1. The van der Waals surface area contributed by atoms with Gasteiger partial charge in [0.05, 0.1) is 15.9 Å². The molecule has 0 bridgehead atoms. The Kier molecular flexibility index (Phi) is 3.69. The monoisotopic (exact) mass is 299 g/mol. The number of nitrogens with one attached hydrogen (secondary N) is 1. The molecular weight excluding hydrogens is 289 g/mol. The zero-order valence-electron chi connectivity index (χ0n) is 10.1. The summed E-state index contributed by atoms with van der Waals surface area (Å²) in [6, 6.07) is 3.24. The van der Waals surface area contributed by atoms with E-state index in [9.17, 15) is 22.9 Å². The molecule has 1 aromatic rings. The molecule has 9 heteroatoms. The molecule has 7 nitrogen and oxygen atoms in total. The second kappa shape index (κ2) is 5.15. The topological polar surface area (TPSA) is 113 Å². The van der Waals surface area contributed by atoms with E-state index in [1.54, 1.807) is 0 Å². The lowest BCUT2D eigenvalue weighted by Crippen LogP contribution is -2.35. The fourth-order valence-electron chi connectivity index (χ4n) is 1.69. The zero-order chi connectivity index (χ0) is 14.9. The first-order valence-corrected chi connectivity index (χ1v) is 7.19. The van der Waals surface area contributed by atoms with Gasteiger partial charge in [-0.2, -0.15) is 14.4 Å². The Hall–Kier alpha value is -2.05. The molecule has 0 aromatic heterocycles. The summed E-state index contributed by atoms with van der Waals surface area (Å²) >= 11 is 0. The van der Waals surface area contributed by atoms with Crippen molar-refractivity contribution in [3.8, 4) is 6.07 Å². The van der Waals surface area contributed by atoms with E-state index in [1.165, 1.54) is 0 Å². The van der Waals surface area contributed by atoms with Crippen molar-refractivity contribution in [2.45, 2.75) is 23.8 Å². The van der Waals surface area contributed by atoms with Crippen LogP contribution >= 0.6 is 0 Å². The minimum Gasteiger partial charge on any atom is -0.258 e. The number of rotatable bonds is 5. The van der Waals surface area contributed by atoms with Gasteiger partial charge < -0.3 is 0 Å². The summed E-state index contributed by atoms with van der Waals surface area (Å²) in [4.78, 5) is 9.15. The van der Waals surface area contributed by atoms with Gasteiger partial charge in [-0.25, -0.2) is 8.42 Å². The first-order valence-electron chi connectivity index (χ1n) is 5.71. The smallest absolute Gasteiger partial charge is 0.258 e. The SMILES string of the molecule is N#CC(NS(=O)(=O)c1ccc(F)c([N+](=O)[O-])c1)C1CC1. The molecular formula is C11H10FN3O4S. The third kappa shape index (κ3) is 2.92. The van der Waals surface area contributed by atoms with E-state index in [1.807, 2.05) is 6.07 Å². The molecule has 0 aliphatic heterocycles. The fraction of sp³-hybridized carbons (Fsp3) is 0.364. The maximum atomic E-state index is 13.2. The van der Waals surface area contributed by atoms with E-state index in [0.29, 0.717) is 12.1 Å². The summed E-state index contributed by atoms with van der Waals surface area (Å²) in [6.07, 6.45) is 1.51. The molecule has 1 aliphatic carbocycles. The Balaban J connectivity index is 2.32. The van der Waals surface area contributed by atoms with Gasteiger partial charge >= 0.3 is 5.69 Å². The number of nitro groups is 1. The molecule has 1 fully saturated rings. The maximum absolute atomic E-state index is 13.2. The van der Waals surface area contributed by atoms with Crippen LogP contribution in [0.5, 0.6) is 0 Å². The first-order chi connectivity index (χ1) is 9.35. The van der Waals surface area contributed by atoms with Crippen molar-refractivity contribution in [1.82, 2.24) is 4.72 Å². The van der Waals surface area contributed by atoms with Gasteiger partial charge in [0.15, 0.2) is 0 Å². The van der Waals surface area contributed by atoms with Gasteiger partial charge in [-0.3, -0.25) is 10.1 Å². The number of sulfonamides is 1. The van der Waals surface area contributed by atoms with Gasteiger partial charge in [-0.1, -0.05) is 0 Å². The number of nitrogens with zero attached hydrogens (tertiary/aromatic N) is 2. The highest BCUT2D eigenvalue weighted by Crippen LogP contribution is 2.33. The molecule has 0 radical (unpaired) electrons. The van der Waals surface area contributed by atoms with Crippen LogP contribution in [0.3, 0.4) is 0 Å². The molecule has 1 atom stereocenters. The van der Waals surface area contributed by atoms with Crippen molar-refractivity contribution in [1.29, 1.82) is 5.26 Å². The number of halogens is 1. The number of nitriles is 1. The summed E-state index contributed by atoms with van der Waals surface area (Å²) in [6.45, 7) is 0. The molecule has 0 saturated heterocycles. The van der Waals surface area contributed by atoms with Gasteiger partial charge in [0, 0.05) is 6.07 Å². The van der Waals surface area contributed by atoms with Crippen LogP contribution in [-0.4, -0.2) is 19.4 Å². The normalized spacial score (nSPS) is 16.4. The van der Waals surface area contributed by atoms with Gasteiger partial charge in [0.1, 0.15) is 6.04 Å². The Labute approximate surface area is 114 Å². The minimum atomic E-state index is -4.09. The molecule has 106 valence electrons. The van der Waals surface area contributed by atoms with E-state index in [0.717, 1.165) is 18.9 Å². The predicted molar refractivity (Wildman–Crippen MR) is 65.5 cm³/mol. The summed E-state index contributed by atoms with van der Waals surface area (Å²) in [5, 5.41) is 19.5. The van der Waals surface area contributed by atoms with E-state index in [4.69, 9.17) is 5.26 Å². The Bertz CT molecular complexity index is 694. The van der Waals surface area contributed by atoms with Crippen LogP contribution in [0.25, 0.3) is 0 Å². The molecule has 1 aromatic carbocycles. The average Bonchev–Trinajstić information content (AvgIpc) is 3.20. The predicted octanol–water partition coefficient (Wildman–Crippen LogP) is 1.31. The molecule has 0 heterocycles. The second-order valence-corrected chi connectivity index (χ2v) is 6.15. The molecule has 1 unspecified atom stereocenters. The highest BCUT2D eigenvalue weighted by Gasteiger charge is 2.35. The Morgan fingerprint density at radius 3 is 2.65 bits per heavy atom. The highest BCUT2D eigenvalue weighted by molar-refractivity contribution is 7.89. The van der Waals surface area contributed by atoms with Gasteiger partial charge in [-0.15, -0.1) is 0 Å². The Morgan fingerprint density at radius 2 is 2.15 bits per heavy atom. The lowest BCUT2D eigenvalue weighted by atomic mass is 10.2. The largest absolute Gasteiger partial charge is 0.306 e. The second-order valence-electron chi connectivity index (χ2n) is 4.44. The van der Waals surface area contributed by atoms with Gasteiger partial charge in [0.2, 0.25) is 15.8 Å². The molecule has 1 N–H and O–H groups in total. The Morgan fingerprint density at radius 1 is 1.50 bits per heavy atom. The van der Waals surface area contributed by atoms with Crippen LogP contribution in [0.4, 0.5) is 10.1 Å². The van der Waals surface area contributed by atoms with Crippen molar-refractivity contribution < 1.29 is 17.7 Å². The lowest BCUT2D eigenvalue weighted by molar-refractivity contribution is -0.387. The average molecular weight is 299 g/mol. The molecule has 2 rings (SSSR count). The lowest BCUT2D eigenvalue weighted by Gasteiger charge is -2.11. The van der Waals surface area contributed by atoms with Crippen molar-refractivity contribution in [3.05, 3.63) is 34.1 Å². The molecule has 20 heavy (non-hydrogen) atoms. The summed E-state index contributed by atoms with van der Waals surface area (Å²) in [5.74, 6) is -1.15. The van der Waals surface area contributed by atoms with Crippen molar-refractivity contribution in [2.24, 2.45) is 5.92 Å². The fourth-order valence-corrected chi connectivity index (χ4v) is 2.92. The van der Waals surface area contributed by atoms with Crippen LogP contribution in [-0.2, 0) is 10.0 Å². The van der Waals surface area contributed by atoms with Crippen molar-refractivity contribution in [3.63, 3.8) is 0 Å². The third-order valence-electron chi connectivity index (χ3n) is 2.94. The van der Waals surface area contributed by atoms with Crippen LogP contribution < -0.4 is 4.72 Å². The van der Waals surface area contributed by atoms with Gasteiger partial charge in [-0.05, 0) is 30.9 Å². The third-order valence-corrected chi connectivity index (χ3v) is 4.38. The summed E-state index contributed by atoms with van der Waals surface area (Å²) in [5.41, 5.74) is -0.923. The van der Waals surface area contributed by atoms with Crippen LogP contribution in [0.2, 0.25) is 0 Å². The van der Waals surface area contributed by atoms with Crippen LogP contribution in [0.15, 0.2) is 23.1 Å². The van der Waals surface area contributed by atoms with Crippen LogP contribution in [0.1, 0.15) is 12.8 Å². The van der Waals surface area contributed by atoms with E-state index in [-0.39, 0.29) is 5.92 Å². The summed E-state index contributed by atoms with van der Waals surface area (Å²) in [7, 11) is -4.09. The quantitative estimate of drug-likeness (QED) is 0.650. The van der Waals surface area contributed by atoms with Gasteiger partial charge in [0.25, 0.3) is 0 Å². The standard InChI is InChI=1S/C11H10FN3O4S/c12-9-4-3-8(5-11(9)15(16)17)20(18,19)14-10(6-13)7-1-2-7/h3-5,7,10,14H,1-2H2. The summed E-state index contributed by atoms with van der Waals surface area (Å²) < 4.78 is 39.4.